The van der Waals surface area contributed by atoms with Gasteiger partial charge in [-0.1, -0.05) is 70.9 Å². The Morgan fingerprint density at radius 1 is 1.08 bits per heavy atom. The van der Waals surface area contributed by atoms with Crippen molar-refractivity contribution >= 4 is 40.9 Å². The summed E-state index contributed by atoms with van der Waals surface area (Å²) in [6.45, 7) is 1.95. The number of thioether (sulfide) groups is 1. The molecule has 0 saturated carbocycles. The Labute approximate surface area is 165 Å². The second kappa shape index (κ2) is 8.54. The van der Waals surface area contributed by atoms with Crippen LogP contribution in [-0.2, 0) is 5.75 Å². The summed E-state index contributed by atoms with van der Waals surface area (Å²) in [5.41, 5.74) is 2.06. The molecule has 0 spiro atoms. The van der Waals surface area contributed by atoms with Crippen LogP contribution >= 0.6 is 35.0 Å². The van der Waals surface area contributed by atoms with E-state index in [-0.39, 0.29) is 10.7 Å². The van der Waals surface area contributed by atoms with Crippen molar-refractivity contribution in [2.75, 3.05) is 0 Å². The molecule has 0 unspecified atom stereocenters. The van der Waals surface area contributed by atoms with E-state index in [1.54, 1.807) is 12.1 Å². The zero-order valence-corrected chi connectivity index (χ0v) is 16.1. The van der Waals surface area contributed by atoms with E-state index >= 15 is 0 Å². The maximum Gasteiger partial charge on any atom is 0.364 e. The van der Waals surface area contributed by atoms with Gasteiger partial charge in [-0.3, -0.25) is 0 Å². The predicted molar refractivity (Wildman–Crippen MR) is 104 cm³/mol. The Hall–Kier alpha value is -2.08. The SMILES string of the molecule is Cc1ccc(OC(=O)c2nc(SCc3ccccc3Cl)ncc2Cl)cc1. The largest absolute Gasteiger partial charge is 0.422 e. The Kier molecular flexibility index (Phi) is 6.14. The van der Waals surface area contributed by atoms with Gasteiger partial charge in [0, 0.05) is 10.8 Å². The number of hydrogen-bond acceptors (Lipinski definition) is 5. The number of esters is 1. The van der Waals surface area contributed by atoms with Crippen molar-refractivity contribution in [3.8, 4) is 5.75 Å². The number of carbonyl (C=O) groups excluding carboxylic acids is 1. The van der Waals surface area contributed by atoms with Gasteiger partial charge in [0.25, 0.3) is 0 Å². The zero-order valence-electron chi connectivity index (χ0n) is 13.8. The normalized spacial score (nSPS) is 10.6. The lowest BCUT2D eigenvalue weighted by molar-refractivity contribution is 0.0727. The molecule has 0 aliphatic carbocycles. The molecule has 1 aromatic heterocycles. The fourth-order valence-electron chi connectivity index (χ4n) is 2.08. The minimum Gasteiger partial charge on any atom is -0.422 e. The molecule has 0 aliphatic heterocycles. The van der Waals surface area contributed by atoms with Crippen LogP contribution in [0.4, 0.5) is 0 Å². The molecule has 1 heterocycles. The third-order valence-electron chi connectivity index (χ3n) is 3.46. The highest BCUT2D eigenvalue weighted by atomic mass is 35.5. The highest BCUT2D eigenvalue weighted by Gasteiger charge is 2.17. The van der Waals surface area contributed by atoms with E-state index in [2.05, 4.69) is 9.97 Å². The quantitative estimate of drug-likeness (QED) is 0.239. The highest BCUT2D eigenvalue weighted by molar-refractivity contribution is 7.98. The van der Waals surface area contributed by atoms with Crippen molar-refractivity contribution in [3.63, 3.8) is 0 Å². The van der Waals surface area contributed by atoms with Gasteiger partial charge in [0.15, 0.2) is 10.9 Å². The summed E-state index contributed by atoms with van der Waals surface area (Å²) < 4.78 is 5.33. The number of benzene rings is 2. The van der Waals surface area contributed by atoms with Gasteiger partial charge in [-0.25, -0.2) is 14.8 Å². The first kappa shape index (κ1) is 18.7. The molecule has 0 atom stereocenters. The number of ether oxygens (including phenoxy) is 1. The van der Waals surface area contributed by atoms with E-state index in [0.717, 1.165) is 11.1 Å². The first-order valence-electron chi connectivity index (χ1n) is 7.70. The number of halogens is 2. The third kappa shape index (κ3) is 4.75. The lowest BCUT2D eigenvalue weighted by Gasteiger charge is -2.07. The molecule has 132 valence electrons. The molecule has 0 saturated heterocycles. The average Bonchev–Trinajstić information content (AvgIpc) is 2.64. The standard InChI is InChI=1S/C19H14Cl2N2O2S/c1-12-6-8-14(9-7-12)25-18(24)17-16(21)10-22-19(23-17)26-11-13-4-2-3-5-15(13)20/h2-10H,11H2,1H3. The van der Waals surface area contributed by atoms with Crippen LogP contribution in [0.3, 0.4) is 0 Å². The lowest BCUT2D eigenvalue weighted by atomic mass is 10.2. The molecule has 2 aromatic carbocycles. The number of carbonyl (C=O) groups is 1. The lowest BCUT2D eigenvalue weighted by Crippen LogP contribution is -2.12. The number of nitrogens with zero attached hydrogens (tertiary/aromatic N) is 2. The fraction of sp³-hybridized carbons (Fsp3) is 0.105. The molecular formula is C19H14Cl2N2O2S. The molecule has 0 fully saturated rings. The molecular weight excluding hydrogens is 391 g/mol. The van der Waals surface area contributed by atoms with Crippen molar-refractivity contribution in [1.82, 2.24) is 9.97 Å². The van der Waals surface area contributed by atoms with Gasteiger partial charge < -0.3 is 4.74 Å². The first-order valence-corrected chi connectivity index (χ1v) is 9.44. The number of hydrogen-bond donors (Lipinski definition) is 0. The minimum absolute atomic E-state index is 0.0314. The predicted octanol–water partition coefficient (Wildman–Crippen LogP) is 5.60. The van der Waals surface area contributed by atoms with Gasteiger partial charge in [0.05, 0.1) is 11.2 Å². The molecule has 7 heteroatoms. The van der Waals surface area contributed by atoms with Crippen molar-refractivity contribution in [3.05, 3.63) is 81.6 Å². The van der Waals surface area contributed by atoms with Crippen LogP contribution in [0.2, 0.25) is 10.0 Å². The van der Waals surface area contributed by atoms with Crippen molar-refractivity contribution in [2.24, 2.45) is 0 Å². The summed E-state index contributed by atoms with van der Waals surface area (Å²) in [4.78, 5) is 20.8. The third-order valence-corrected chi connectivity index (χ3v) is 5.02. The number of aryl methyl sites for hydroxylation is 1. The monoisotopic (exact) mass is 404 g/mol. The van der Waals surface area contributed by atoms with Crippen molar-refractivity contribution < 1.29 is 9.53 Å². The summed E-state index contributed by atoms with van der Waals surface area (Å²) in [7, 11) is 0. The maximum absolute atomic E-state index is 12.4. The Morgan fingerprint density at radius 3 is 2.54 bits per heavy atom. The molecule has 3 rings (SSSR count). The van der Waals surface area contributed by atoms with Crippen molar-refractivity contribution in [1.29, 1.82) is 0 Å². The Bertz CT molecular complexity index is 933. The van der Waals surface area contributed by atoms with Gasteiger partial charge in [-0.05, 0) is 30.7 Å². The van der Waals surface area contributed by atoms with Gasteiger partial charge >= 0.3 is 5.97 Å². The zero-order chi connectivity index (χ0) is 18.5. The van der Waals surface area contributed by atoms with Crippen LogP contribution in [0.15, 0.2) is 59.9 Å². The van der Waals surface area contributed by atoms with Gasteiger partial charge in [-0.15, -0.1) is 0 Å². The molecule has 0 bridgehead atoms. The molecule has 0 N–H and O–H groups in total. The molecule has 0 amide bonds. The van der Waals surface area contributed by atoms with Crippen LogP contribution in [0.5, 0.6) is 5.75 Å². The molecule has 0 radical (unpaired) electrons. The molecule has 26 heavy (non-hydrogen) atoms. The second-order valence-electron chi connectivity index (χ2n) is 5.43. The van der Waals surface area contributed by atoms with Crippen molar-refractivity contribution in [2.45, 2.75) is 17.8 Å². The van der Waals surface area contributed by atoms with E-state index in [0.29, 0.717) is 21.7 Å². The summed E-state index contributed by atoms with van der Waals surface area (Å²) in [5, 5.41) is 1.24. The van der Waals surface area contributed by atoms with Gasteiger partial charge in [0.2, 0.25) is 0 Å². The Morgan fingerprint density at radius 2 is 1.81 bits per heavy atom. The summed E-state index contributed by atoms with van der Waals surface area (Å²) in [6, 6.07) is 14.7. The second-order valence-corrected chi connectivity index (χ2v) is 7.19. The topological polar surface area (TPSA) is 52.1 Å². The van der Waals surface area contributed by atoms with Crippen LogP contribution in [-0.4, -0.2) is 15.9 Å². The Balaban J connectivity index is 1.73. The highest BCUT2D eigenvalue weighted by Crippen LogP contribution is 2.26. The van der Waals surface area contributed by atoms with E-state index in [1.165, 1.54) is 18.0 Å². The van der Waals surface area contributed by atoms with E-state index in [1.807, 2.05) is 43.3 Å². The average molecular weight is 405 g/mol. The summed E-state index contributed by atoms with van der Waals surface area (Å²) in [6.07, 6.45) is 1.40. The van der Waals surface area contributed by atoms with Crippen LogP contribution < -0.4 is 4.74 Å². The number of rotatable bonds is 5. The molecule has 0 aliphatic rings. The molecule has 3 aromatic rings. The summed E-state index contributed by atoms with van der Waals surface area (Å²) >= 11 is 13.6. The van der Waals surface area contributed by atoms with Crippen LogP contribution in [0.1, 0.15) is 21.6 Å². The fourth-order valence-corrected chi connectivity index (χ4v) is 3.35. The summed E-state index contributed by atoms with van der Waals surface area (Å²) in [5.74, 6) is 0.384. The van der Waals surface area contributed by atoms with E-state index in [9.17, 15) is 4.79 Å². The minimum atomic E-state index is -0.624. The molecule has 4 nitrogen and oxygen atoms in total. The first-order chi connectivity index (χ1) is 12.5. The van der Waals surface area contributed by atoms with E-state index in [4.69, 9.17) is 27.9 Å². The van der Waals surface area contributed by atoms with Gasteiger partial charge in [0.1, 0.15) is 5.75 Å². The van der Waals surface area contributed by atoms with E-state index < -0.39 is 5.97 Å². The number of aromatic nitrogens is 2. The smallest absolute Gasteiger partial charge is 0.364 e. The maximum atomic E-state index is 12.4. The van der Waals surface area contributed by atoms with Crippen LogP contribution in [0, 0.1) is 6.92 Å². The van der Waals surface area contributed by atoms with Gasteiger partial charge in [-0.2, -0.15) is 0 Å². The van der Waals surface area contributed by atoms with Crippen LogP contribution in [0.25, 0.3) is 0 Å².